The second-order valence-corrected chi connectivity index (χ2v) is 5.93. The monoisotopic (exact) mass is 291 g/mol. The fourth-order valence-electron chi connectivity index (χ4n) is 1.17. The Morgan fingerprint density at radius 3 is 2.59 bits per heavy atom. The van der Waals surface area contributed by atoms with Gasteiger partial charge in [0.2, 0.25) is 10.0 Å². The SMILES string of the molecule is C#CCCNS(=O)(=O)c1cc(C)c(Cl)cc1Cl. The van der Waals surface area contributed by atoms with Crippen LogP contribution in [0.2, 0.25) is 10.0 Å². The Balaban J connectivity index is 3.08. The lowest BCUT2D eigenvalue weighted by molar-refractivity contribution is 0.582. The highest BCUT2D eigenvalue weighted by Gasteiger charge is 2.18. The van der Waals surface area contributed by atoms with Gasteiger partial charge in [-0.3, -0.25) is 0 Å². The lowest BCUT2D eigenvalue weighted by Gasteiger charge is -2.09. The summed E-state index contributed by atoms with van der Waals surface area (Å²) in [7, 11) is -3.64. The van der Waals surface area contributed by atoms with E-state index in [0.717, 1.165) is 0 Å². The van der Waals surface area contributed by atoms with Gasteiger partial charge in [0.1, 0.15) is 4.90 Å². The van der Waals surface area contributed by atoms with Crippen LogP contribution in [0.25, 0.3) is 0 Å². The Morgan fingerprint density at radius 2 is 2.00 bits per heavy atom. The molecule has 92 valence electrons. The van der Waals surface area contributed by atoms with E-state index in [1.165, 1.54) is 12.1 Å². The predicted molar refractivity (Wildman–Crippen MR) is 69.8 cm³/mol. The van der Waals surface area contributed by atoms with E-state index in [2.05, 4.69) is 10.6 Å². The van der Waals surface area contributed by atoms with Crippen LogP contribution in [0.4, 0.5) is 0 Å². The number of aryl methyl sites for hydroxylation is 1. The van der Waals surface area contributed by atoms with Crippen molar-refractivity contribution < 1.29 is 8.42 Å². The summed E-state index contributed by atoms with van der Waals surface area (Å²) < 4.78 is 26.1. The summed E-state index contributed by atoms with van der Waals surface area (Å²) in [6.07, 6.45) is 5.36. The van der Waals surface area contributed by atoms with Crippen molar-refractivity contribution in [3.05, 3.63) is 27.7 Å². The molecule has 1 rings (SSSR count). The third-order valence-electron chi connectivity index (χ3n) is 2.06. The van der Waals surface area contributed by atoms with E-state index >= 15 is 0 Å². The molecule has 0 amide bonds. The summed E-state index contributed by atoms with van der Waals surface area (Å²) in [6.45, 7) is 1.88. The molecule has 0 aliphatic carbocycles. The number of benzene rings is 1. The van der Waals surface area contributed by atoms with Crippen molar-refractivity contribution in [2.45, 2.75) is 18.2 Å². The van der Waals surface area contributed by atoms with Gasteiger partial charge in [0.25, 0.3) is 0 Å². The van der Waals surface area contributed by atoms with Gasteiger partial charge in [-0.15, -0.1) is 12.3 Å². The molecule has 0 saturated heterocycles. The minimum absolute atomic E-state index is 0.0121. The molecule has 1 aromatic carbocycles. The third-order valence-corrected chi connectivity index (χ3v) is 4.40. The van der Waals surface area contributed by atoms with E-state index in [1.807, 2.05) is 0 Å². The van der Waals surface area contributed by atoms with Crippen LogP contribution in [0, 0.1) is 19.3 Å². The largest absolute Gasteiger partial charge is 0.242 e. The fourth-order valence-corrected chi connectivity index (χ4v) is 3.03. The van der Waals surface area contributed by atoms with E-state index in [4.69, 9.17) is 29.6 Å². The summed E-state index contributed by atoms with van der Waals surface area (Å²) in [5.74, 6) is 2.35. The van der Waals surface area contributed by atoms with Gasteiger partial charge in [-0.2, -0.15) is 0 Å². The topological polar surface area (TPSA) is 46.2 Å². The van der Waals surface area contributed by atoms with Gasteiger partial charge >= 0.3 is 0 Å². The summed E-state index contributed by atoms with van der Waals surface area (Å²) >= 11 is 11.7. The molecular formula is C11H11Cl2NO2S. The molecule has 0 aliphatic heterocycles. The van der Waals surface area contributed by atoms with Crippen LogP contribution in [0.3, 0.4) is 0 Å². The van der Waals surface area contributed by atoms with E-state index < -0.39 is 10.0 Å². The Labute approximate surface area is 111 Å². The summed E-state index contributed by atoms with van der Waals surface area (Å²) in [4.78, 5) is 0.0121. The van der Waals surface area contributed by atoms with Crippen molar-refractivity contribution >= 4 is 33.2 Å². The van der Waals surface area contributed by atoms with E-state index in [9.17, 15) is 8.42 Å². The van der Waals surface area contributed by atoms with Gasteiger partial charge in [-0.25, -0.2) is 13.1 Å². The molecule has 1 aromatic rings. The molecular weight excluding hydrogens is 281 g/mol. The highest BCUT2D eigenvalue weighted by atomic mass is 35.5. The first-order chi connectivity index (χ1) is 7.88. The second-order valence-electron chi connectivity index (χ2n) is 3.38. The summed E-state index contributed by atoms with van der Waals surface area (Å²) in [5.41, 5.74) is 0.647. The second kappa shape index (κ2) is 5.74. The van der Waals surface area contributed by atoms with Gasteiger partial charge in [0, 0.05) is 18.0 Å². The first-order valence-corrected chi connectivity index (χ1v) is 7.01. The van der Waals surface area contributed by atoms with Crippen molar-refractivity contribution in [1.29, 1.82) is 0 Å². The van der Waals surface area contributed by atoms with Gasteiger partial charge in [-0.05, 0) is 24.6 Å². The van der Waals surface area contributed by atoms with Crippen LogP contribution < -0.4 is 4.72 Å². The quantitative estimate of drug-likeness (QED) is 0.685. The maximum atomic E-state index is 11.9. The minimum Gasteiger partial charge on any atom is -0.210 e. The van der Waals surface area contributed by atoms with E-state index in [-0.39, 0.29) is 16.5 Å². The smallest absolute Gasteiger partial charge is 0.210 e. The fraction of sp³-hybridized carbons (Fsp3) is 0.273. The molecule has 1 N–H and O–H groups in total. The molecule has 17 heavy (non-hydrogen) atoms. The first kappa shape index (κ1) is 14.3. The summed E-state index contributed by atoms with van der Waals surface area (Å²) in [5, 5.41) is 0.520. The standard InChI is InChI=1S/C11H11Cl2NO2S/c1-3-4-5-14-17(15,16)11-6-8(2)9(12)7-10(11)13/h1,6-7,14H,4-5H2,2H3. The van der Waals surface area contributed by atoms with Crippen LogP contribution >= 0.6 is 23.2 Å². The number of nitrogens with one attached hydrogen (secondary N) is 1. The van der Waals surface area contributed by atoms with Crippen molar-refractivity contribution in [3.63, 3.8) is 0 Å². The van der Waals surface area contributed by atoms with Crippen LogP contribution in [-0.2, 0) is 10.0 Å². The van der Waals surface area contributed by atoms with Crippen molar-refractivity contribution in [1.82, 2.24) is 4.72 Å². The zero-order valence-electron chi connectivity index (χ0n) is 9.13. The minimum atomic E-state index is -3.64. The predicted octanol–water partition coefficient (Wildman–Crippen LogP) is 2.60. The molecule has 6 heteroatoms. The first-order valence-electron chi connectivity index (χ1n) is 4.77. The lowest BCUT2D eigenvalue weighted by atomic mass is 10.2. The number of hydrogen-bond acceptors (Lipinski definition) is 2. The molecule has 0 bridgehead atoms. The lowest BCUT2D eigenvalue weighted by Crippen LogP contribution is -2.25. The molecule has 0 aliphatic rings. The molecule has 0 heterocycles. The normalized spacial score (nSPS) is 11.2. The summed E-state index contributed by atoms with van der Waals surface area (Å²) in [6, 6.07) is 2.84. The highest BCUT2D eigenvalue weighted by Crippen LogP contribution is 2.27. The molecule has 0 radical (unpaired) electrons. The number of hydrogen-bond donors (Lipinski definition) is 1. The average Bonchev–Trinajstić information content (AvgIpc) is 2.23. The Morgan fingerprint density at radius 1 is 1.35 bits per heavy atom. The van der Waals surface area contributed by atoms with E-state index in [1.54, 1.807) is 6.92 Å². The zero-order valence-corrected chi connectivity index (χ0v) is 11.5. The molecule has 0 saturated carbocycles. The molecule has 0 aromatic heterocycles. The van der Waals surface area contributed by atoms with Crippen LogP contribution in [-0.4, -0.2) is 15.0 Å². The van der Waals surface area contributed by atoms with Crippen molar-refractivity contribution in [2.75, 3.05) is 6.54 Å². The highest BCUT2D eigenvalue weighted by molar-refractivity contribution is 7.89. The number of sulfonamides is 1. The molecule has 0 spiro atoms. The Bertz CT molecular complexity index is 562. The van der Waals surface area contributed by atoms with Gasteiger partial charge in [0.15, 0.2) is 0 Å². The van der Waals surface area contributed by atoms with Crippen LogP contribution in [0.1, 0.15) is 12.0 Å². The van der Waals surface area contributed by atoms with E-state index in [0.29, 0.717) is 17.0 Å². The number of halogens is 2. The Hall–Kier alpha value is -0.730. The molecule has 0 unspecified atom stereocenters. The van der Waals surface area contributed by atoms with Crippen molar-refractivity contribution in [2.24, 2.45) is 0 Å². The zero-order chi connectivity index (χ0) is 13.1. The maximum absolute atomic E-state index is 11.9. The number of terminal acetylenes is 1. The van der Waals surface area contributed by atoms with Crippen molar-refractivity contribution in [3.8, 4) is 12.3 Å². The number of rotatable bonds is 4. The Kier molecular flexibility index (Phi) is 4.84. The average molecular weight is 292 g/mol. The van der Waals surface area contributed by atoms with Crippen LogP contribution in [0.5, 0.6) is 0 Å². The van der Waals surface area contributed by atoms with Gasteiger partial charge in [0.05, 0.1) is 5.02 Å². The maximum Gasteiger partial charge on any atom is 0.242 e. The molecule has 0 fully saturated rings. The molecule has 3 nitrogen and oxygen atoms in total. The van der Waals surface area contributed by atoms with Gasteiger partial charge in [-0.1, -0.05) is 23.2 Å². The van der Waals surface area contributed by atoms with Crippen LogP contribution in [0.15, 0.2) is 17.0 Å². The molecule has 0 atom stereocenters. The third kappa shape index (κ3) is 3.62. The van der Waals surface area contributed by atoms with Gasteiger partial charge < -0.3 is 0 Å².